The summed E-state index contributed by atoms with van der Waals surface area (Å²) < 4.78 is 5.45. The largest absolute Gasteiger partial charge is 0.493 e. The molecule has 4 heteroatoms. The summed E-state index contributed by atoms with van der Waals surface area (Å²) in [7, 11) is 0. The van der Waals surface area contributed by atoms with Crippen LogP contribution in [0.15, 0.2) is 54.6 Å². The minimum atomic E-state index is -0.833. The Morgan fingerprint density at radius 2 is 1.41 bits per heavy atom. The van der Waals surface area contributed by atoms with Gasteiger partial charge >= 0.3 is 0 Å². The molecule has 0 saturated carbocycles. The van der Waals surface area contributed by atoms with Gasteiger partial charge in [-0.2, -0.15) is 0 Å². The number of ether oxygens (including phenoxy) is 1. The molecule has 1 aliphatic heterocycles. The Kier molecular flexibility index (Phi) is 17.0. The molecular weight excluding hydrogens is 340 g/mol. The number of aliphatic carboxylic acids is 1. The third kappa shape index (κ3) is 12.6. The van der Waals surface area contributed by atoms with Crippen LogP contribution in [0.5, 0.6) is 5.75 Å². The fraction of sp³-hybridized carbons (Fsp3) is 0.435. The zero-order chi connectivity index (χ0) is 21.2. The highest BCUT2D eigenvalue weighted by atomic mass is 16.5. The number of hydrogen-bond acceptors (Lipinski definition) is 3. The summed E-state index contributed by atoms with van der Waals surface area (Å²) in [5.41, 5.74) is 2.23. The minimum absolute atomic E-state index is 0.194. The van der Waals surface area contributed by atoms with Gasteiger partial charge in [-0.3, -0.25) is 4.79 Å². The lowest BCUT2D eigenvalue weighted by atomic mass is 9.95. The van der Waals surface area contributed by atoms with E-state index in [0.29, 0.717) is 6.61 Å². The highest BCUT2D eigenvalue weighted by Crippen LogP contribution is 2.34. The molecule has 1 aliphatic rings. The van der Waals surface area contributed by atoms with E-state index in [4.69, 9.17) is 14.6 Å². The van der Waals surface area contributed by atoms with Crippen LogP contribution < -0.4 is 4.74 Å². The van der Waals surface area contributed by atoms with E-state index >= 15 is 0 Å². The number of carboxylic acids is 1. The van der Waals surface area contributed by atoms with Crippen molar-refractivity contribution >= 4 is 5.97 Å². The van der Waals surface area contributed by atoms with Crippen molar-refractivity contribution in [2.75, 3.05) is 6.61 Å². The lowest BCUT2D eigenvalue weighted by Gasteiger charge is -2.27. The third-order valence-corrected chi connectivity index (χ3v) is 3.22. The summed E-state index contributed by atoms with van der Waals surface area (Å²) in [6, 6.07) is 17.9. The SMILES string of the molecule is CC.CC.CC(=O)O.C[C@@H]1COc2ccccc2[C@H]1O.Cc1ccccc1. The first-order valence-corrected chi connectivity index (χ1v) is 9.52. The molecular formula is C23H36O4. The van der Waals surface area contributed by atoms with E-state index in [2.05, 4.69) is 19.1 Å². The van der Waals surface area contributed by atoms with Crippen LogP contribution in [0, 0.1) is 12.8 Å². The molecule has 0 saturated heterocycles. The lowest BCUT2D eigenvalue weighted by Crippen LogP contribution is -2.23. The first-order valence-electron chi connectivity index (χ1n) is 9.52. The topological polar surface area (TPSA) is 66.8 Å². The van der Waals surface area contributed by atoms with E-state index < -0.39 is 5.97 Å². The number of aliphatic hydroxyl groups excluding tert-OH is 1. The van der Waals surface area contributed by atoms with Crippen molar-refractivity contribution in [1.29, 1.82) is 0 Å². The number of benzene rings is 2. The molecule has 2 aromatic rings. The molecule has 2 atom stereocenters. The Labute approximate surface area is 164 Å². The van der Waals surface area contributed by atoms with E-state index in [-0.39, 0.29) is 12.0 Å². The van der Waals surface area contributed by atoms with Crippen LogP contribution in [0.2, 0.25) is 0 Å². The van der Waals surface area contributed by atoms with Gasteiger partial charge in [0.05, 0.1) is 12.7 Å². The zero-order valence-corrected chi connectivity index (χ0v) is 17.8. The van der Waals surface area contributed by atoms with E-state index in [1.807, 2.05) is 77.1 Å². The summed E-state index contributed by atoms with van der Waals surface area (Å²) in [4.78, 5) is 9.00. The Hall–Kier alpha value is -2.33. The smallest absolute Gasteiger partial charge is 0.300 e. The van der Waals surface area contributed by atoms with Crippen molar-refractivity contribution in [2.45, 2.75) is 54.6 Å². The van der Waals surface area contributed by atoms with Crippen LogP contribution in [-0.2, 0) is 4.79 Å². The summed E-state index contributed by atoms with van der Waals surface area (Å²) in [6.07, 6.45) is -0.366. The predicted octanol–water partition coefficient (Wildman–Crippen LogP) is 5.89. The normalized spacial score (nSPS) is 15.9. The zero-order valence-electron chi connectivity index (χ0n) is 17.8. The molecule has 4 nitrogen and oxygen atoms in total. The molecule has 0 bridgehead atoms. The Morgan fingerprint density at radius 3 is 1.85 bits per heavy atom. The number of fused-ring (bicyclic) bond motifs is 1. The monoisotopic (exact) mass is 376 g/mol. The van der Waals surface area contributed by atoms with Crippen molar-refractivity contribution in [3.63, 3.8) is 0 Å². The van der Waals surface area contributed by atoms with Gasteiger partial charge in [0.25, 0.3) is 5.97 Å². The van der Waals surface area contributed by atoms with Gasteiger partial charge in [0.15, 0.2) is 0 Å². The van der Waals surface area contributed by atoms with Crippen LogP contribution >= 0.6 is 0 Å². The molecule has 2 aromatic carbocycles. The van der Waals surface area contributed by atoms with Crippen LogP contribution in [-0.4, -0.2) is 22.8 Å². The van der Waals surface area contributed by atoms with E-state index in [1.165, 1.54) is 5.56 Å². The van der Waals surface area contributed by atoms with Crippen molar-refractivity contribution < 1.29 is 19.7 Å². The second kappa shape index (κ2) is 17.1. The summed E-state index contributed by atoms with van der Waals surface area (Å²) >= 11 is 0. The van der Waals surface area contributed by atoms with Gasteiger partial charge in [-0.1, -0.05) is 88.7 Å². The van der Waals surface area contributed by atoms with Crippen molar-refractivity contribution in [2.24, 2.45) is 5.92 Å². The second-order valence-corrected chi connectivity index (χ2v) is 5.44. The highest BCUT2D eigenvalue weighted by Gasteiger charge is 2.24. The highest BCUT2D eigenvalue weighted by molar-refractivity contribution is 5.62. The summed E-state index contributed by atoms with van der Waals surface area (Å²) in [6.45, 7) is 13.8. The Balaban J connectivity index is 0. The standard InChI is InChI=1S/C10H12O2.C7H8.C2H4O2.2C2H6/c1-7-6-12-9-5-3-2-4-8(9)10(7)11;1-7-5-3-2-4-6-7;1-2(3)4;2*1-2/h2-5,7,10-11H,6H2,1H3;2-6H,1H3;1H3,(H,3,4);2*1-2H3/t7-,10+;;;;/m1..../s1. The van der Waals surface area contributed by atoms with Gasteiger partial charge in [0, 0.05) is 18.4 Å². The molecule has 0 radical (unpaired) electrons. The molecule has 0 unspecified atom stereocenters. The quantitative estimate of drug-likeness (QED) is 0.602. The van der Waals surface area contributed by atoms with Crippen LogP contribution in [0.4, 0.5) is 0 Å². The fourth-order valence-electron chi connectivity index (χ4n) is 2.01. The maximum absolute atomic E-state index is 9.75. The number of rotatable bonds is 0. The first kappa shape index (κ1) is 26.9. The minimum Gasteiger partial charge on any atom is -0.493 e. The summed E-state index contributed by atoms with van der Waals surface area (Å²) in [5, 5.41) is 17.2. The molecule has 3 rings (SSSR count). The van der Waals surface area contributed by atoms with Crippen molar-refractivity contribution in [3.05, 3.63) is 65.7 Å². The van der Waals surface area contributed by atoms with E-state index in [0.717, 1.165) is 18.2 Å². The average Bonchev–Trinajstić information content (AvgIpc) is 2.69. The van der Waals surface area contributed by atoms with Crippen molar-refractivity contribution in [1.82, 2.24) is 0 Å². The van der Waals surface area contributed by atoms with Gasteiger partial charge in [0.2, 0.25) is 0 Å². The number of hydrogen-bond donors (Lipinski definition) is 2. The maximum Gasteiger partial charge on any atom is 0.300 e. The molecule has 0 spiro atoms. The lowest BCUT2D eigenvalue weighted by molar-refractivity contribution is -0.134. The van der Waals surface area contributed by atoms with E-state index in [1.54, 1.807) is 0 Å². The van der Waals surface area contributed by atoms with Gasteiger partial charge in [-0.15, -0.1) is 0 Å². The van der Waals surface area contributed by atoms with Gasteiger partial charge in [0.1, 0.15) is 5.75 Å². The maximum atomic E-state index is 9.75. The van der Waals surface area contributed by atoms with Gasteiger partial charge < -0.3 is 14.9 Å². The second-order valence-electron chi connectivity index (χ2n) is 5.44. The van der Waals surface area contributed by atoms with Gasteiger partial charge in [-0.05, 0) is 13.0 Å². The van der Waals surface area contributed by atoms with Crippen LogP contribution in [0.1, 0.15) is 58.8 Å². The Morgan fingerprint density at radius 1 is 0.963 bits per heavy atom. The summed E-state index contributed by atoms with van der Waals surface area (Å²) in [5.74, 6) is 0.183. The predicted molar refractivity (Wildman–Crippen MR) is 113 cm³/mol. The first-order chi connectivity index (χ1) is 12.9. The number of carbonyl (C=O) groups is 1. The molecule has 1 heterocycles. The van der Waals surface area contributed by atoms with Crippen LogP contribution in [0.3, 0.4) is 0 Å². The Bertz CT molecular complexity index is 592. The number of carboxylic acid groups (broad SMARTS) is 1. The average molecular weight is 377 g/mol. The molecule has 152 valence electrons. The molecule has 2 N–H and O–H groups in total. The molecule has 0 aromatic heterocycles. The van der Waals surface area contributed by atoms with Crippen LogP contribution in [0.25, 0.3) is 0 Å². The number of aryl methyl sites for hydroxylation is 1. The fourth-order valence-corrected chi connectivity index (χ4v) is 2.01. The van der Waals surface area contributed by atoms with Gasteiger partial charge in [-0.25, -0.2) is 0 Å². The third-order valence-electron chi connectivity index (χ3n) is 3.22. The van der Waals surface area contributed by atoms with Crippen molar-refractivity contribution in [3.8, 4) is 5.75 Å². The van der Waals surface area contributed by atoms with E-state index in [9.17, 15) is 5.11 Å². The number of para-hydroxylation sites is 1. The molecule has 0 fully saturated rings. The molecule has 27 heavy (non-hydrogen) atoms. The number of aliphatic hydroxyl groups is 1. The molecule has 0 amide bonds. The molecule has 0 aliphatic carbocycles.